The quantitative estimate of drug-likeness (QED) is 0.894. The van der Waals surface area contributed by atoms with E-state index in [1.165, 1.54) is 18.2 Å². The van der Waals surface area contributed by atoms with E-state index in [1.54, 1.807) is 6.92 Å². The van der Waals surface area contributed by atoms with Crippen LogP contribution >= 0.6 is 11.3 Å². The summed E-state index contributed by atoms with van der Waals surface area (Å²) in [6.07, 6.45) is -4.47. The number of halogens is 3. The fraction of sp³-hybridized carbons (Fsp3) is 0.200. The van der Waals surface area contributed by atoms with Crippen LogP contribution in [0.15, 0.2) is 30.3 Å². The summed E-state index contributed by atoms with van der Waals surface area (Å²) < 4.78 is 37.4. The number of thiophene rings is 1. The average molecular weight is 342 g/mol. The lowest BCUT2D eigenvalue weighted by Gasteiger charge is -2.08. The molecule has 0 saturated carbocycles. The van der Waals surface area contributed by atoms with Crippen molar-refractivity contribution < 1.29 is 22.8 Å². The first-order valence-electron chi connectivity index (χ1n) is 6.53. The van der Waals surface area contributed by atoms with Gasteiger partial charge in [-0.05, 0) is 30.7 Å². The number of amides is 2. The van der Waals surface area contributed by atoms with Gasteiger partial charge in [-0.3, -0.25) is 9.59 Å². The van der Waals surface area contributed by atoms with Crippen molar-refractivity contribution in [3.8, 4) is 0 Å². The molecule has 8 heteroatoms. The van der Waals surface area contributed by atoms with Crippen molar-refractivity contribution in [3.05, 3.63) is 51.2 Å². The van der Waals surface area contributed by atoms with E-state index in [9.17, 15) is 22.8 Å². The minimum absolute atomic E-state index is 0.0701. The van der Waals surface area contributed by atoms with Gasteiger partial charge in [0.1, 0.15) is 0 Å². The molecule has 23 heavy (non-hydrogen) atoms. The molecule has 0 aliphatic carbocycles. The Morgan fingerprint density at radius 1 is 1.22 bits per heavy atom. The van der Waals surface area contributed by atoms with E-state index < -0.39 is 17.6 Å². The topological polar surface area (TPSA) is 72.2 Å². The van der Waals surface area contributed by atoms with E-state index in [-0.39, 0.29) is 12.3 Å². The summed E-state index contributed by atoms with van der Waals surface area (Å²) in [5.41, 5.74) is 5.33. The highest BCUT2D eigenvalue weighted by molar-refractivity contribution is 7.14. The molecular weight excluding hydrogens is 329 g/mol. The maximum absolute atomic E-state index is 12.5. The minimum atomic E-state index is -4.40. The van der Waals surface area contributed by atoms with Crippen LogP contribution in [-0.2, 0) is 17.4 Å². The average Bonchev–Trinajstić information content (AvgIpc) is 2.80. The van der Waals surface area contributed by atoms with Crippen LogP contribution in [0, 0.1) is 6.92 Å². The molecule has 3 N–H and O–H groups in total. The van der Waals surface area contributed by atoms with Crippen LogP contribution in [0.5, 0.6) is 0 Å². The summed E-state index contributed by atoms with van der Waals surface area (Å²) in [7, 11) is 0. The number of anilines is 1. The lowest BCUT2D eigenvalue weighted by molar-refractivity contribution is -0.137. The summed E-state index contributed by atoms with van der Waals surface area (Å²) in [5.74, 6) is -0.969. The summed E-state index contributed by atoms with van der Waals surface area (Å²) in [6, 6.07) is 5.87. The molecule has 0 aliphatic rings. The third kappa shape index (κ3) is 4.32. The van der Waals surface area contributed by atoms with E-state index in [1.807, 2.05) is 0 Å². The molecule has 0 saturated heterocycles. The number of benzene rings is 1. The first-order valence-corrected chi connectivity index (χ1v) is 7.34. The Bertz CT molecular complexity index is 736. The summed E-state index contributed by atoms with van der Waals surface area (Å²) >= 11 is 1.16. The smallest absolute Gasteiger partial charge is 0.365 e. The molecule has 0 fully saturated rings. The van der Waals surface area contributed by atoms with Crippen molar-refractivity contribution >= 4 is 28.8 Å². The van der Waals surface area contributed by atoms with Gasteiger partial charge in [-0.1, -0.05) is 12.1 Å². The molecule has 0 spiro atoms. The van der Waals surface area contributed by atoms with Crippen LogP contribution in [0.3, 0.4) is 0 Å². The second-order valence-corrected chi connectivity index (χ2v) is 6.12. The molecule has 1 aromatic carbocycles. The van der Waals surface area contributed by atoms with Crippen LogP contribution < -0.4 is 11.1 Å². The number of alkyl halides is 3. The van der Waals surface area contributed by atoms with E-state index in [4.69, 9.17) is 5.73 Å². The second-order valence-electron chi connectivity index (χ2n) is 4.86. The van der Waals surface area contributed by atoms with Crippen LogP contribution in [-0.4, -0.2) is 11.8 Å². The Labute approximate surface area is 134 Å². The highest BCUT2D eigenvalue weighted by Crippen LogP contribution is 2.29. The molecule has 0 radical (unpaired) electrons. The van der Waals surface area contributed by atoms with Gasteiger partial charge in [0, 0.05) is 4.88 Å². The van der Waals surface area contributed by atoms with E-state index in [0.29, 0.717) is 16.1 Å². The minimum Gasteiger partial charge on any atom is -0.365 e. The highest BCUT2D eigenvalue weighted by atomic mass is 32.1. The van der Waals surface area contributed by atoms with Gasteiger partial charge in [-0.15, -0.1) is 11.3 Å². The van der Waals surface area contributed by atoms with Crippen LogP contribution in [0.4, 0.5) is 18.9 Å². The number of hydrogen-bond donors (Lipinski definition) is 2. The number of aryl methyl sites for hydroxylation is 1. The number of carbonyl (C=O) groups excluding carboxylic acids is 2. The van der Waals surface area contributed by atoms with E-state index in [0.717, 1.165) is 28.3 Å². The fourth-order valence-electron chi connectivity index (χ4n) is 1.92. The first kappa shape index (κ1) is 17.0. The van der Waals surface area contributed by atoms with Crippen LogP contribution in [0.2, 0.25) is 0 Å². The molecule has 2 aromatic rings. The van der Waals surface area contributed by atoms with E-state index in [2.05, 4.69) is 5.32 Å². The molecule has 2 amide bonds. The van der Waals surface area contributed by atoms with Crippen LogP contribution in [0.25, 0.3) is 0 Å². The second kappa shape index (κ2) is 6.41. The van der Waals surface area contributed by atoms with Gasteiger partial charge in [0.05, 0.1) is 22.5 Å². The van der Waals surface area contributed by atoms with Crippen LogP contribution in [0.1, 0.15) is 25.7 Å². The third-order valence-electron chi connectivity index (χ3n) is 3.08. The normalized spacial score (nSPS) is 11.3. The molecule has 0 atom stereocenters. The number of nitrogens with one attached hydrogen (secondary N) is 1. The monoisotopic (exact) mass is 342 g/mol. The van der Waals surface area contributed by atoms with Gasteiger partial charge in [-0.25, -0.2) is 0 Å². The van der Waals surface area contributed by atoms with Gasteiger partial charge in [-0.2, -0.15) is 13.2 Å². The lowest BCUT2D eigenvalue weighted by atomic mass is 10.1. The van der Waals surface area contributed by atoms with Crippen molar-refractivity contribution in [2.24, 2.45) is 5.73 Å². The van der Waals surface area contributed by atoms with Crippen molar-refractivity contribution in [2.45, 2.75) is 19.5 Å². The zero-order valence-electron chi connectivity index (χ0n) is 12.0. The molecular formula is C15H13F3N2O2S. The summed E-state index contributed by atoms with van der Waals surface area (Å²) in [5, 5.41) is 2.62. The molecule has 1 aromatic heterocycles. The van der Waals surface area contributed by atoms with Crippen molar-refractivity contribution in [1.82, 2.24) is 0 Å². The molecule has 1 heterocycles. The zero-order valence-corrected chi connectivity index (χ0v) is 12.8. The Hall–Kier alpha value is -2.35. The molecule has 122 valence electrons. The Morgan fingerprint density at radius 2 is 1.83 bits per heavy atom. The van der Waals surface area contributed by atoms with Crippen molar-refractivity contribution in [1.29, 1.82) is 0 Å². The predicted molar refractivity (Wildman–Crippen MR) is 81.4 cm³/mol. The molecule has 4 nitrogen and oxygen atoms in total. The third-order valence-corrected chi connectivity index (χ3v) is 4.15. The summed E-state index contributed by atoms with van der Waals surface area (Å²) in [4.78, 5) is 24.1. The van der Waals surface area contributed by atoms with Gasteiger partial charge < -0.3 is 11.1 Å². The molecule has 0 aliphatic heterocycles. The number of primary amides is 1. The number of rotatable bonds is 4. The van der Waals surface area contributed by atoms with Crippen molar-refractivity contribution in [3.63, 3.8) is 0 Å². The molecule has 0 bridgehead atoms. The van der Waals surface area contributed by atoms with E-state index >= 15 is 0 Å². The Balaban J connectivity index is 2.04. The number of carbonyl (C=O) groups is 2. The van der Waals surface area contributed by atoms with Gasteiger partial charge in [0.2, 0.25) is 5.91 Å². The maximum Gasteiger partial charge on any atom is 0.416 e. The number of nitrogens with two attached hydrogens (primary N) is 1. The van der Waals surface area contributed by atoms with Crippen molar-refractivity contribution in [2.75, 3.05) is 5.32 Å². The zero-order chi connectivity index (χ0) is 17.2. The molecule has 2 rings (SSSR count). The Morgan fingerprint density at radius 3 is 2.30 bits per heavy atom. The lowest BCUT2D eigenvalue weighted by Crippen LogP contribution is -2.15. The van der Waals surface area contributed by atoms with Gasteiger partial charge in [0.25, 0.3) is 5.91 Å². The predicted octanol–water partition coefficient (Wildman–Crippen LogP) is 3.36. The molecule has 0 unspecified atom stereocenters. The SMILES string of the molecule is Cc1sc(C(N)=O)cc1NC(=O)Cc1ccc(C(F)(F)F)cc1. The fourth-order valence-corrected chi connectivity index (χ4v) is 2.75. The number of hydrogen-bond acceptors (Lipinski definition) is 3. The standard InChI is InChI=1S/C15H13F3N2O2S/c1-8-11(7-12(23-8)14(19)22)20-13(21)6-9-2-4-10(5-3-9)15(16,17)18/h2-5,7H,6H2,1H3,(H2,19,22)(H,20,21). The van der Waals surface area contributed by atoms with Gasteiger partial charge in [0.15, 0.2) is 0 Å². The Kier molecular flexibility index (Phi) is 4.74. The van der Waals surface area contributed by atoms with Gasteiger partial charge >= 0.3 is 6.18 Å². The maximum atomic E-state index is 12.5. The first-order chi connectivity index (χ1) is 10.7. The highest BCUT2D eigenvalue weighted by Gasteiger charge is 2.29. The summed E-state index contributed by atoms with van der Waals surface area (Å²) in [6.45, 7) is 1.73. The largest absolute Gasteiger partial charge is 0.416 e.